The number of ether oxygens (including phenoxy) is 2. The molecule has 8 heteroatoms. The fourth-order valence-corrected chi connectivity index (χ4v) is 2.76. The minimum absolute atomic E-state index is 0.0251. The molecule has 5 nitrogen and oxygen atoms in total. The first-order valence-corrected chi connectivity index (χ1v) is 8.65. The number of methoxy groups -OCH3 is 1. The molecule has 0 aromatic heterocycles. The third kappa shape index (κ3) is 6.37. The molecule has 1 amide bonds. The zero-order chi connectivity index (χ0) is 20.0. The number of quaternary nitrogens is 1. The molecule has 2 N–H and O–H groups in total. The standard InChI is InChI=1S/C19H21ClF2N2O3/c1-12-4-6-14(9-15(12)20)23-18(25)11-24(2)10-13-5-7-16(27-19(21)22)17(8-13)26-3/h4-9,19H,10-11H2,1-3H3,(H,23,25)/p+1. The molecule has 0 radical (unpaired) electrons. The first kappa shape index (κ1) is 20.9. The van der Waals surface area contributed by atoms with E-state index in [9.17, 15) is 13.6 Å². The lowest BCUT2D eigenvalue weighted by Crippen LogP contribution is -3.08. The van der Waals surface area contributed by atoms with Crippen LogP contribution < -0.4 is 19.7 Å². The van der Waals surface area contributed by atoms with E-state index in [1.807, 2.05) is 20.0 Å². The van der Waals surface area contributed by atoms with E-state index in [1.54, 1.807) is 24.3 Å². The molecule has 27 heavy (non-hydrogen) atoms. The number of carbonyl (C=O) groups is 1. The molecule has 0 aliphatic carbocycles. The van der Waals surface area contributed by atoms with Gasteiger partial charge in [0.1, 0.15) is 6.54 Å². The molecule has 2 aromatic carbocycles. The van der Waals surface area contributed by atoms with E-state index in [0.29, 0.717) is 17.3 Å². The number of carbonyl (C=O) groups excluding carboxylic acids is 1. The van der Waals surface area contributed by atoms with Gasteiger partial charge in [-0.05, 0) is 42.8 Å². The van der Waals surface area contributed by atoms with Gasteiger partial charge in [0, 0.05) is 16.3 Å². The van der Waals surface area contributed by atoms with Crippen molar-refractivity contribution in [2.75, 3.05) is 26.0 Å². The van der Waals surface area contributed by atoms with Crippen molar-refractivity contribution < 1.29 is 27.9 Å². The van der Waals surface area contributed by atoms with Gasteiger partial charge in [-0.2, -0.15) is 8.78 Å². The molecule has 0 aliphatic rings. The molecule has 0 saturated carbocycles. The predicted octanol–water partition coefficient (Wildman–Crippen LogP) is 2.91. The minimum Gasteiger partial charge on any atom is -0.493 e. The second-order valence-electron chi connectivity index (χ2n) is 6.19. The minimum atomic E-state index is -2.92. The summed E-state index contributed by atoms with van der Waals surface area (Å²) >= 11 is 6.06. The number of halogens is 3. The topological polar surface area (TPSA) is 52.0 Å². The quantitative estimate of drug-likeness (QED) is 0.717. The highest BCUT2D eigenvalue weighted by Gasteiger charge is 2.15. The number of hydrogen-bond donors (Lipinski definition) is 2. The summed E-state index contributed by atoms with van der Waals surface area (Å²) in [4.78, 5) is 13.1. The molecular weight excluding hydrogens is 378 g/mol. The maximum absolute atomic E-state index is 12.4. The van der Waals surface area contributed by atoms with E-state index in [4.69, 9.17) is 16.3 Å². The van der Waals surface area contributed by atoms with Gasteiger partial charge in [-0.3, -0.25) is 4.79 Å². The molecular formula is C19H22ClF2N2O3+. The smallest absolute Gasteiger partial charge is 0.387 e. The zero-order valence-corrected chi connectivity index (χ0v) is 16.1. The van der Waals surface area contributed by atoms with Gasteiger partial charge >= 0.3 is 6.61 Å². The third-order valence-corrected chi connectivity index (χ3v) is 4.28. The van der Waals surface area contributed by atoms with Crippen molar-refractivity contribution in [1.82, 2.24) is 0 Å². The van der Waals surface area contributed by atoms with Crippen LogP contribution in [0.4, 0.5) is 14.5 Å². The van der Waals surface area contributed by atoms with Crippen LogP contribution in [-0.2, 0) is 11.3 Å². The van der Waals surface area contributed by atoms with E-state index in [0.717, 1.165) is 16.0 Å². The van der Waals surface area contributed by atoms with Crippen molar-refractivity contribution in [2.45, 2.75) is 20.1 Å². The van der Waals surface area contributed by atoms with Crippen molar-refractivity contribution in [1.29, 1.82) is 0 Å². The van der Waals surface area contributed by atoms with E-state index in [-0.39, 0.29) is 24.0 Å². The number of nitrogens with one attached hydrogen (secondary N) is 2. The molecule has 0 spiro atoms. The Hall–Kier alpha value is -2.38. The van der Waals surface area contributed by atoms with Gasteiger partial charge in [0.05, 0.1) is 14.2 Å². The number of aryl methyl sites for hydroxylation is 1. The van der Waals surface area contributed by atoms with Gasteiger partial charge in [0.15, 0.2) is 18.0 Å². The highest BCUT2D eigenvalue weighted by Crippen LogP contribution is 2.29. The summed E-state index contributed by atoms with van der Waals surface area (Å²) < 4.78 is 34.3. The summed E-state index contributed by atoms with van der Waals surface area (Å²) in [5, 5.41) is 3.40. The number of rotatable bonds is 8. The van der Waals surface area contributed by atoms with Crippen LogP contribution in [0.5, 0.6) is 11.5 Å². The van der Waals surface area contributed by atoms with Gasteiger partial charge < -0.3 is 19.7 Å². The lowest BCUT2D eigenvalue weighted by Gasteiger charge is -2.16. The predicted molar refractivity (Wildman–Crippen MR) is 99.9 cm³/mol. The number of anilines is 1. The highest BCUT2D eigenvalue weighted by atomic mass is 35.5. The molecule has 1 atom stereocenters. The van der Waals surface area contributed by atoms with Crippen LogP contribution in [0.2, 0.25) is 5.02 Å². The number of alkyl halides is 2. The van der Waals surface area contributed by atoms with Crippen LogP contribution in [0.1, 0.15) is 11.1 Å². The molecule has 0 fully saturated rings. The Kier molecular flexibility index (Phi) is 7.38. The molecule has 2 rings (SSSR count). The summed E-state index contributed by atoms with van der Waals surface area (Å²) in [6, 6.07) is 10.1. The summed E-state index contributed by atoms with van der Waals surface area (Å²) in [7, 11) is 3.24. The second-order valence-corrected chi connectivity index (χ2v) is 6.59. The molecule has 0 saturated heterocycles. The van der Waals surface area contributed by atoms with Crippen LogP contribution in [-0.4, -0.2) is 33.2 Å². The Bertz CT molecular complexity index is 803. The van der Waals surface area contributed by atoms with Crippen molar-refractivity contribution >= 4 is 23.2 Å². The molecule has 146 valence electrons. The fourth-order valence-electron chi connectivity index (χ4n) is 2.58. The Morgan fingerprint density at radius 2 is 1.96 bits per heavy atom. The third-order valence-electron chi connectivity index (χ3n) is 3.87. The van der Waals surface area contributed by atoms with Gasteiger partial charge in [0.2, 0.25) is 0 Å². The van der Waals surface area contributed by atoms with Crippen LogP contribution in [0.25, 0.3) is 0 Å². The van der Waals surface area contributed by atoms with Crippen LogP contribution >= 0.6 is 11.6 Å². The summed E-state index contributed by atoms with van der Waals surface area (Å²) in [6.45, 7) is -0.300. The zero-order valence-electron chi connectivity index (χ0n) is 15.3. The number of hydrogen-bond acceptors (Lipinski definition) is 3. The van der Waals surface area contributed by atoms with E-state index in [2.05, 4.69) is 10.1 Å². The first-order valence-electron chi connectivity index (χ1n) is 8.27. The molecule has 2 aromatic rings. The highest BCUT2D eigenvalue weighted by molar-refractivity contribution is 6.31. The van der Waals surface area contributed by atoms with Gasteiger partial charge in [-0.1, -0.05) is 17.7 Å². The Labute approximate surface area is 161 Å². The maximum atomic E-state index is 12.4. The Balaban J connectivity index is 1.95. The van der Waals surface area contributed by atoms with Gasteiger partial charge in [-0.15, -0.1) is 0 Å². The molecule has 0 aliphatic heterocycles. The van der Waals surface area contributed by atoms with Crippen LogP contribution in [0.15, 0.2) is 36.4 Å². The summed E-state index contributed by atoms with van der Waals surface area (Å²) in [6.07, 6.45) is 0. The fraction of sp³-hybridized carbons (Fsp3) is 0.316. The van der Waals surface area contributed by atoms with Gasteiger partial charge in [-0.25, -0.2) is 0 Å². The number of benzene rings is 2. The first-order chi connectivity index (χ1) is 12.8. The second kappa shape index (κ2) is 9.53. The lowest BCUT2D eigenvalue weighted by atomic mass is 10.2. The molecule has 0 bridgehead atoms. The Morgan fingerprint density at radius 1 is 1.22 bits per heavy atom. The van der Waals surface area contributed by atoms with Gasteiger partial charge in [0.25, 0.3) is 5.91 Å². The molecule has 1 unspecified atom stereocenters. The van der Waals surface area contributed by atoms with Crippen LogP contribution in [0.3, 0.4) is 0 Å². The van der Waals surface area contributed by atoms with E-state index < -0.39 is 6.61 Å². The van der Waals surface area contributed by atoms with Crippen molar-refractivity contribution in [3.8, 4) is 11.5 Å². The average molecular weight is 400 g/mol. The van der Waals surface area contributed by atoms with E-state index in [1.165, 1.54) is 13.2 Å². The Morgan fingerprint density at radius 3 is 2.59 bits per heavy atom. The van der Waals surface area contributed by atoms with Crippen molar-refractivity contribution in [3.63, 3.8) is 0 Å². The monoisotopic (exact) mass is 399 g/mol. The van der Waals surface area contributed by atoms with E-state index >= 15 is 0 Å². The van der Waals surface area contributed by atoms with Crippen molar-refractivity contribution in [3.05, 3.63) is 52.5 Å². The molecule has 0 heterocycles. The maximum Gasteiger partial charge on any atom is 0.387 e. The number of likely N-dealkylation sites (N-methyl/N-ethyl adjacent to an activating group) is 1. The van der Waals surface area contributed by atoms with Crippen LogP contribution in [0, 0.1) is 6.92 Å². The summed E-state index contributed by atoms with van der Waals surface area (Å²) in [5.41, 5.74) is 2.40. The largest absolute Gasteiger partial charge is 0.493 e. The SMILES string of the molecule is COc1cc(C[NH+](C)CC(=O)Nc2ccc(C)c(Cl)c2)ccc1OC(F)F. The average Bonchev–Trinajstić information content (AvgIpc) is 2.58. The lowest BCUT2D eigenvalue weighted by molar-refractivity contribution is -0.885. The normalized spacial score (nSPS) is 12.0. The van der Waals surface area contributed by atoms with Crippen molar-refractivity contribution in [2.24, 2.45) is 0 Å². The summed E-state index contributed by atoms with van der Waals surface area (Å²) in [5.74, 6) is 0.0410. The number of amides is 1.